The minimum absolute atomic E-state index is 0.200. The molecule has 0 radical (unpaired) electrons. The van der Waals surface area contributed by atoms with Crippen LogP contribution in [0.25, 0.3) is 43.5 Å². The summed E-state index contributed by atoms with van der Waals surface area (Å²) < 4.78 is 9.31. The standard InChI is InChI=1S/C25H23N5O3S/c1-13-19(11-30(29-13)15-4-2-14(3-5-15)25(31)32)18-9-28-24(26)23-17(18)8-21(33-23)20-12-34-22-10-27-7-6-16(20)22/h6-12,14-15H,2-5H2,1H3,(H2,26,28)(H,31,32). The fourth-order valence-corrected chi connectivity index (χ4v) is 5.90. The number of aliphatic carboxylic acids is 1. The first-order chi connectivity index (χ1) is 16.5. The van der Waals surface area contributed by atoms with Crippen molar-refractivity contribution in [2.24, 2.45) is 5.92 Å². The monoisotopic (exact) mass is 473 g/mol. The van der Waals surface area contributed by atoms with Gasteiger partial charge in [0, 0.05) is 57.6 Å². The predicted molar refractivity (Wildman–Crippen MR) is 132 cm³/mol. The lowest BCUT2D eigenvalue weighted by atomic mass is 9.86. The Kier molecular flexibility index (Phi) is 4.88. The molecule has 34 heavy (non-hydrogen) atoms. The Labute approximate surface area is 199 Å². The van der Waals surface area contributed by atoms with Crippen molar-refractivity contribution in [1.82, 2.24) is 19.7 Å². The van der Waals surface area contributed by atoms with E-state index >= 15 is 0 Å². The number of carbonyl (C=O) groups is 1. The number of carboxylic acids is 1. The minimum Gasteiger partial charge on any atom is -0.481 e. The van der Waals surface area contributed by atoms with Crippen LogP contribution in [0.1, 0.15) is 37.4 Å². The maximum Gasteiger partial charge on any atom is 0.306 e. The van der Waals surface area contributed by atoms with Crippen molar-refractivity contribution >= 4 is 44.2 Å². The van der Waals surface area contributed by atoms with Crippen LogP contribution in [0.15, 0.2) is 46.7 Å². The van der Waals surface area contributed by atoms with Crippen molar-refractivity contribution in [3.05, 3.63) is 48.0 Å². The summed E-state index contributed by atoms with van der Waals surface area (Å²) in [6.07, 6.45) is 10.4. The zero-order valence-corrected chi connectivity index (χ0v) is 19.4. The molecule has 1 aliphatic rings. The van der Waals surface area contributed by atoms with Gasteiger partial charge in [-0.3, -0.25) is 14.5 Å². The topological polar surface area (TPSA) is 120 Å². The van der Waals surface area contributed by atoms with E-state index in [1.165, 1.54) is 0 Å². The van der Waals surface area contributed by atoms with Gasteiger partial charge in [0.1, 0.15) is 5.76 Å². The molecule has 3 N–H and O–H groups in total. The molecule has 0 unspecified atom stereocenters. The van der Waals surface area contributed by atoms with E-state index in [2.05, 4.69) is 15.3 Å². The number of carboxylic acid groups (broad SMARTS) is 1. The highest BCUT2D eigenvalue weighted by Gasteiger charge is 2.28. The molecule has 9 heteroatoms. The lowest BCUT2D eigenvalue weighted by Crippen LogP contribution is -2.23. The zero-order valence-electron chi connectivity index (χ0n) is 18.6. The van der Waals surface area contributed by atoms with Gasteiger partial charge in [-0.15, -0.1) is 11.3 Å². The Hall–Kier alpha value is -3.72. The number of aryl methyl sites for hydroxylation is 1. The molecule has 5 heterocycles. The minimum atomic E-state index is -0.698. The van der Waals surface area contributed by atoms with Crippen molar-refractivity contribution < 1.29 is 14.3 Å². The molecule has 0 amide bonds. The smallest absolute Gasteiger partial charge is 0.306 e. The molecule has 1 saturated carbocycles. The lowest BCUT2D eigenvalue weighted by molar-refractivity contribution is -0.143. The summed E-state index contributed by atoms with van der Waals surface area (Å²) in [5.41, 5.74) is 10.6. The van der Waals surface area contributed by atoms with E-state index in [1.807, 2.05) is 36.1 Å². The molecule has 0 aliphatic heterocycles. The average Bonchev–Trinajstić information content (AvgIpc) is 3.56. The summed E-state index contributed by atoms with van der Waals surface area (Å²) in [7, 11) is 0. The molecule has 1 fully saturated rings. The molecule has 1 aliphatic carbocycles. The van der Waals surface area contributed by atoms with E-state index in [-0.39, 0.29) is 12.0 Å². The molecule has 0 saturated heterocycles. The summed E-state index contributed by atoms with van der Waals surface area (Å²) in [5.74, 6) is 0.145. The second kappa shape index (κ2) is 7.95. The number of nitrogen functional groups attached to an aromatic ring is 1. The molecule has 0 bridgehead atoms. The number of pyridine rings is 2. The quantitative estimate of drug-likeness (QED) is 0.345. The number of hydrogen-bond acceptors (Lipinski definition) is 7. The van der Waals surface area contributed by atoms with E-state index in [4.69, 9.17) is 15.2 Å². The first kappa shape index (κ1) is 20.9. The number of nitrogens with two attached hydrogens (primary N) is 1. The zero-order chi connectivity index (χ0) is 23.4. The number of rotatable bonds is 4. The molecule has 0 atom stereocenters. The Morgan fingerprint density at radius 2 is 2.00 bits per heavy atom. The van der Waals surface area contributed by atoms with Crippen molar-refractivity contribution in [1.29, 1.82) is 0 Å². The third-order valence-corrected chi connectivity index (χ3v) is 7.79. The highest BCUT2D eigenvalue weighted by Crippen LogP contribution is 2.41. The van der Waals surface area contributed by atoms with E-state index in [0.29, 0.717) is 24.2 Å². The predicted octanol–water partition coefficient (Wildman–Crippen LogP) is 5.67. The second-order valence-electron chi connectivity index (χ2n) is 8.88. The summed E-state index contributed by atoms with van der Waals surface area (Å²) in [6, 6.07) is 4.22. The van der Waals surface area contributed by atoms with Gasteiger partial charge in [0.25, 0.3) is 0 Å². The van der Waals surface area contributed by atoms with E-state index in [0.717, 1.165) is 56.5 Å². The van der Waals surface area contributed by atoms with Crippen molar-refractivity contribution in [2.75, 3.05) is 5.73 Å². The van der Waals surface area contributed by atoms with Crippen molar-refractivity contribution in [3.8, 4) is 22.5 Å². The van der Waals surface area contributed by atoms with E-state index in [9.17, 15) is 9.90 Å². The highest BCUT2D eigenvalue weighted by atomic mass is 32.1. The molecule has 0 aromatic carbocycles. The maximum atomic E-state index is 11.3. The molecule has 0 spiro atoms. The second-order valence-corrected chi connectivity index (χ2v) is 9.79. The Morgan fingerprint density at radius 1 is 1.18 bits per heavy atom. The van der Waals surface area contributed by atoms with E-state index in [1.54, 1.807) is 23.7 Å². The maximum absolute atomic E-state index is 11.3. The van der Waals surface area contributed by atoms with Crippen LogP contribution in [0.3, 0.4) is 0 Å². The first-order valence-electron chi connectivity index (χ1n) is 11.3. The van der Waals surface area contributed by atoms with Gasteiger partial charge in [-0.05, 0) is 44.7 Å². The van der Waals surface area contributed by atoms with Gasteiger partial charge < -0.3 is 15.3 Å². The molecule has 8 nitrogen and oxygen atoms in total. The van der Waals surface area contributed by atoms with Crippen molar-refractivity contribution in [3.63, 3.8) is 0 Å². The fourth-order valence-electron chi connectivity index (χ4n) is 4.98. The van der Waals surface area contributed by atoms with Crippen LogP contribution in [-0.2, 0) is 4.79 Å². The third kappa shape index (κ3) is 3.35. The normalized spacial score (nSPS) is 18.6. The highest BCUT2D eigenvalue weighted by molar-refractivity contribution is 7.17. The van der Waals surface area contributed by atoms with Gasteiger partial charge in [0.15, 0.2) is 11.4 Å². The van der Waals surface area contributed by atoms with Crippen LogP contribution in [0.2, 0.25) is 0 Å². The van der Waals surface area contributed by atoms with Crippen LogP contribution in [-0.4, -0.2) is 30.8 Å². The molecule has 5 aromatic rings. The number of thiophene rings is 1. The number of fused-ring (bicyclic) bond motifs is 2. The molecule has 6 rings (SSSR count). The van der Waals surface area contributed by atoms with Gasteiger partial charge >= 0.3 is 5.97 Å². The number of anilines is 1. The van der Waals surface area contributed by atoms with Gasteiger partial charge in [-0.1, -0.05) is 0 Å². The van der Waals surface area contributed by atoms with Gasteiger partial charge in [0.05, 0.1) is 22.4 Å². The van der Waals surface area contributed by atoms with Crippen LogP contribution in [0.4, 0.5) is 5.82 Å². The van der Waals surface area contributed by atoms with Crippen LogP contribution < -0.4 is 5.73 Å². The van der Waals surface area contributed by atoms with Crippen molar-refractivity contribution in [2.45, 2.75) is 38.6 Å². The number of nitrogens with zero attached hydrogens (tertiary/aromatic N) is 4. The van der Waals surface area contributed by atoms with Gasteiger partial charge in [-0.2, -0.15) is 5.10 Å². The van der Waals surface area contributed by atoms with E-state index < -0.39 is 5.97 Å². The molecular formula is C25H23N5O3S. The Morgan fingerprint density at radius 3 is 2.79 bits per heavy atom. The molecule has 5 aromatic heterocycles. The Balaban J connectivity index is 1.40. The van der Waals surface area contributed by atoms with Crippen LogP contribution in [0.5, 0.6) is 0 Å². The summed E-state index contributed by atoms with van der Waals surface area (Å²) in [5, 5.41) is 18.1. The fraction of sp³-hybridized carbons (Fsp3) is 0.280. The average molecular weight is 474 g/mol. The summed E-state index contributed by atoms with van der Waals surface area (Å²) in [6.45, 7) is 1.98. The Bertz CT molecular complexity index is 1540. The van der Waals surface area contributed by atoms with Crippen LogP contribution in [0, 0.1) is 12.8 Å². The first-order valence-corrected chi connectivity index (χ1v) is 12.2. The summed E-state index contributed by atoms with van der Waals surface area (Å²) in [4.78, 5) is 19.9. The van der Waals surface area contributed by atoms with Crippen LogP contribution >= 0.6 is 11.3 Å². The molecular weight excluding hydrogens is 450 g/mol. The third-order valence-electron chi connectivity index (χ3n) is 6.86. The van der Waals surface area contributed by atoms with Gasteiger partial charge in [-0.25, -0.2) is 4.98 Å². The lowest BCUT2D eigenvalue weighted by Gasteiger charge is -2.26. The summed E-state index contributed by atoms with van der Waals surface area (Å²) >= 11 is 1.63. The number of hydrogen-bond donors (Lipinski definition) is 2. The number of aromatic nitrogens is 4. The number of furan rings is 1. The molecule has 172 valence electrons. The van der Waals surface area contributed by atoms with Gasteiger partial charge in [0.2, 0.25) is 0 Å². The largest absolute Gasteiger partial charge is 0.481 e. The SMILES string of the molecule is Cc1nn(C2CCC(C(=O)O)CC2)cc1-c1cnc(N)c2oc(-c3csc4cnccc34)cc12.